The van der Waals surface area contributed by atoms with E-state index in [4.69, 9.17) is 0 Å². The molecule has 7 heteroatoms. The molecule has 4 rings (SSSR count). The van der Waals surface area contributed by atoms with Gasteiger partial charge in [-0.1, -0.05) is 66.7 Å². The second kappa shape index (κ2) is 12.1. The Morgan fingerprint density at radius 3 is 2.26 bits per heavy atom. The summed E-state index contributed by atoms with van der Waals surface area (Å²) in [5.41, 5.74) is 1.56. The van der Waals surface area contributed by atoms with Gasteiger partial charge in [-0.25, -0.2) is 0 Å². The smallest absolute Gasteiger partial charge is 0.391 e. The Kier molecular flexibility index (Phi) is 8.90. The number of carbonyl (C=O) groups is 1. The number of alkyl halides is 3. The number of hydrogen-bond acceptors (Lipinski definition) is 3. The van der Waals surface area contributed by atoms with Gasteiger partial charge < -0.3 is 10.0 Å². The van der Waals surface area contributed by atoms with Gasteiger partial charge in [-0.15, -0.1) is 0 Å². The highest BCUT2D eigenvalue weighted by Gasteiger charge is 2.38. The molecule has 0 radical (unpaired) electrons. The van der Waals surface area contributed by atoms with Gasteiger partial charge in [0.05, 0.1) is 11.7 Å². The number of amides is 1. The van der Waals surface area contributed by atoms with Crippen molar-refractivity contribution in [2.24, 2.45) is 5.92 Å². The zero-order valence-electron chi connectivity index (χ0n) is 21.8. The van der Waals surface area contributed by atoms with E-state index in [1.165, 1.54) is 12.1 Å². The van der Waals surface area contributed by atoms with E-state index in [0.29, 0.717) is 43.7 Å². The Morgan fingerprint density at radius 1 is 0.974 bits per heavy atom. The average Bonchev–Trinajstić information content (AvgIpc) is 3.29. The van der Waals surface area contributed by atoms with E-state index in [1.54, 1.807) is 18.2 Å². The Labute approximate surface area is 222 Å². The van der Waals surface area contributed by atoms with Crippen LogP contribution in [0.2, 0.25) is 0 Å². The molecule has 0 spiro atoms. The Balaban J connectivity index is 1.57. The molecule has 3 aromatic rings. The van der Waals surface area contributed by atoms with Gasteiger partial charge in [-0.3, -0.25) is 9.69 Å². The first kappa shape index (κ1) is 27.9. The third-order valence-corrected chi connectivity index (χ3v) is 7.28. The first-order chi connectivity index (χ1) is 18.1. The van der Waals surface area contributed by atoms with Gasteiger partial charge in [0, 0.05) is 43.7 Å². The summed E-state index contributed by atoms with van der Waals surface area (Å²) in [4.78, 5) is 17.3. The first-order valence-corrected chi connectivity index (χ1v) is 13.1. The summed E-state index contributed by atoms with van der Waals surface area (Å²) in [6.45, 7) is 5.83. The largest absolute Gasteiger partial charge is 0.416 e. The van der Waals surface area contributed by atoms with Crippen LogP contribution >= 0.6 is 0 Å². The third kappa shape index (κ3) is 7.03. The molecule has 0 bridgehead atoms. The molecule has 202 valence electrons. The molecule has 38 heavy (non-hydrogen) atoms. The van der Waals surface area contributed by atoms with Gasteiger partial charge in [-0.05, 0) is 55.5 Å². The molecular weight excluding hydrogens is 489 g/mol. The zero-order valence-corrected chi connectivity index (χ0v) is 21.8. The van der Waals surface area contributed by atoms with Gasteiger partial charge in [-0.2, -0.15) is 13.2 Å². The van der Waals surface area contributed by atoms with E-state index in [2.05, 4.69) is 4.90 Å². The van der Waals surface area contributed by atoms with E-state index in [0.717, 1.165) is 11.6 Å². The van der Waals surface area contributed by atoms with Crippen molar-refractivity contribution in [2.75, 3.05) is 26.2 Å². The fraction of sp³-hybridized carbons (Fsp3) is 0.387. The highest BCUT2D eigenvalue weighted by molar-refractivity contribution is 5.94. The van der Waals surface area contributed by atoms with Crippen molar-refractivity contribution in [3.63, 3.8) is 0 Å². The predicted molar refractivity (Wildman–Crippen MR) is 143 cm³/mol. The molecule has 0 aromatic heterocycles. The summed E-state index contributed by atoms with van der Waals surface area (Å²) in [6.07, 6.45) is -4.53. The minimum atomic E-state index is -4.43. The normalized spacial score (nSPS) is 19.0. The SMILES string of the molecule is CC(C)N(C[C@@H]1CN(C[C@H](O)Cc2ccccc2)C[C@@H]1c1cccc(C(F)(F)F)c1)C(=O)c1ccccc1. The Bertz CT molecular complexity index is 1180. The molecule has 1 heterocycles. The number of nitrogens with zero attached hydrogens (tertiary/aromatic N) is 2. The van der Waals surface area contributed by atoms with Crippen LogP contribution in [0.25, 0.3) is 0 Å². The predicted octanol–water partition coefficient (Wildman–Crippen LogP) is 5.88. The number of aliphatic hydroxyl groups is 1. The number of aliphatic hydroxyl groups excluding tert-OH is 1. The summed E-state index contributed by atoms with van der Waals surface area (Å²) in [6, 6.07) is 24.2. The van der Waals surface area contributed by atoms with E-state index in [-0.39, 0.29) is 23.8 Å². The molecule has 4 nitrogen and oxygen atoms in total. The van der Waals surface area contributed by atoms with Gasteiger partial charge >= 0.3 is 6.18 Å². The van der Waals surface area contributed by atoms with Crippen LogP contribution in [0.15, 0.2) is 84.9 Å². The quantitative estimate of drug-likeness (QED) is 0.381. The summed E-state index contributed by atoms with van der Waals surface area (Å²) in [5.74, 6) is -0.380. The van der Waals surface area contributed by atoms with Crippen LogP contribution in [0.5, 0.6) is 0 Å². The van der Waals surface area contributed by atoms with Gasteiger partial charge in [0.25, 0.3) is 5.91 Å². The van der Waals surface area contributed by atoms with Crippen LogP contribution in [-0.4, -0.2) is 59.1 Å². The maximum Gasteiger partial charge on any atom is 0.416 e. The lowest BCUT2D eigenvalue weighted by atomic mass is 9.87. The van der Waals surface area contributed by atoms with Crippen LogP contribution in [0.1, 0.15) is 46.8 Å². The summed E-state index contributed by atoms with van der Waals surface area (Å²) < 4.78 is 40.6. The fourth-order valence-electron chi connectivity index (χ4n) is 5.39. The lowest BCUT2D eigenvalue weighted by Crippen LogP contribution is -2.42. The van der Waals surface area contributed by atoms with Crippen LogP contribution in [0, 0.1) is 5.92 Å². The summed E-state index contributed by atoms with van der Waals surface area (Å²) in [7, 11) is 0. The van der Waals surface area contributed by atoms with Crippen molar-refractivity contribution in [1.82, 2.24) is 9.80 Å². The minimum absolute atomic E-state index is 0.0809. The second-order valence-corrected chi connectivity index (χ2v) is 10.5. The van der Waals surface area contributed by atoms with Crippen molar-refractivity contribution < 1.29 is 23.1 Å². The fourth-order valence-corrected chi connectivity index (χ4v) is 5.39. The maximum absolute atomic E-state index is 13.5. The van der Waals surface area contributed by atoms with E-state index >= 15 is 0 Å². The summed E-state index contributed by atoms with van der Waals surface area (Å²) in [5, 5.41) is 10.8. The van der Waals surface area contributed by atoms with Crippen molar-refractivity contribution in [3.8, 4) is 0 Å². The molecular formula is C31H35F3N2O2. The monoisotopic (exact) mass is 524 g/mol. The zero-order chi connectivity index (χ0) is 27.3. The Hall–Kier alpha value is -3.16. The van der Waals surface area contributed by atoms with Gasteiger partial charge in [0.1, 0.15) is 0 Å². The maximum atomic E-state index is 13.5. The highest BCUT2D eigenvalue weighted by atomic mass is 19.4. The molecule has 1 fully saturated rings. The number of halogens is 3. The van der Waals surface area contributed by atoms with E-state index < -0.39 is 17.8 Å². The lowest BCUT2D eigenvalue weighted by molar-refractivity contribution is -0.137. The molecule has 1 saturated heterocycles. The molecule has 0 saturated carbocycles. The molecule has 0 unspecified atom stereocenters. The minimum Gasteiger partial charge on any atom is -0.391 e. The van der Waals surface area contributed by atoms with Gasteiger partial charge in [0.2, 0.25) is 0 Å². The molecule has 0 aliphatic carbocycles. The van der Waals surface area contributed by atoms with E-state index in [1.807, 2.05) is 67.3 Å². The van der Waals surface area contributed by atoms with Crippen LogP contribution in [-0.2, 0) is 12.6 Å². The number of benzene rings is 3. The van der Waals surface area contributed by atoms with E-state index in [9.17, 15) is 23.1 Å². The average molecular weight is 525 g/mol. The van der Waals surface area contributed by atoms with Crippen LogP contribution in [0.3, 0.4) is 0 Å². The first-order valence-electron chi connectivity index (χ1n) is 13.1. The summed E-state index contributed by atoms with van der Waals surface area (Å²) >= 11 is 0. The molecule has 1 amide bonds. The number of likely N-dealkylation sites (tertiary alicyclic amines) is 1. The van der Waals surface area contributed by atoms with Crippen molar-refractivity contribution in [2.45, 2.75) is 44.5 Å². The Morgan fingerprint density at radius 2 is 1.63 bits per heavy atom. The molecule has 1 aliphatic rings. The highest BCUT2D eigenvalue weighted by Crippen LogP contribution is 2.37. The number of β-amino-alcohol motifs (C(OH)–C–C–N with tert-alkyl or cyclic N) is 1. The molecule has 3 aromatic carbocycles. The molecule has 1 aliphatic heterocycles. The standard InChI is InChI=1S/C31H35F3N2O2/c1-22(2)36(30(38)24-12-7-4-8-13-24)19-26-18-35(20-28(37)16-23-10-5-3-6-11-23)21-29(26)25-14-9-15-27(17-25)31(32,33)34/h3-15,17,22,26,28-29,37H,16,18-21H2,1-2H3/t26-,28+,29+/m0/s1. The molecule has 3 atom stereocenters. The number of rotatable bonds is 9. The van der Waals surface area contributed by atoms with Crippen LogP contribution in [0.4, 0.5) is 13.2 Å². The third-order valence-electron chi connectivity index (χ3n) is 7.28. The van der Waals surface area contributed by atoms with Crippen molar-refractivity contribution in [1.29, 1.82) is 0 Å². The topological polar surface area (TPSA) is 43.8 Å². The number of hydrogen-bond donors (Lipinski definition) is 1. The second-order valence-electron chi connectivity index (χ2n) is 10.5. The number of carbonyl (C=O) groups excluding carboxylic acids is 1. The van der Waals surface area contributed by atoms with Gasteiger partial charge in [0.15, 0.2) is 0 Å². The molecule has 1 N–H and O–H groups in total. The van der Waals surface area contributed by atoms with Crippen molar-refractivity contribution >= 4 is 5.91 Å². The lowest BCUT2D eigenvalue weighted by Gasteiger charge is -2.32. The van der Waals surface area contributed by atoms with Crippen LogP contribution < -0.4 is 0 Å². The van der Waals surface area contributed by atoms with Crippen molar-refractivity contribution in [3.05, 3.63) is 107 Å².